The Kier molecular flexibility index (Phi) is 7.65. The van der Waals surface area contributed by atoms with Crippen molar-refractivity contribution in [2.75, 3.05) is 11.5 Å². The molecule has 1 atom stereocenters. The molecule has 0 aromatic rings. The minimum Gasteiger partial charge on any atom is -0.328 e. The van der Waals surface area contributed by atoms with Crippen molar-refractivity contribution in [2.24, 2.45) is 5.73 Å². The number of hydrogen-bond acceptors (Lipinski definition) is 2. The monoisotopic (exact) mass is 161 g/mol. The van der Waals surface area contributed by atoms with Crippen LogP contribution in [-0.2, 0) is 0 Å². The van der Waals surface area contributed by atoms with Gasteiger partial charge in [0.2, 0.25) is 0 Å². The van der Waals surface area contributed by atoms with Gasteiger partial charge in [-0.2, -0.15) is 11.8 Å². The molecule has 2 N–H and O–H groups in total. The van der Waals surface area contributed by atoms with Gasteiger partial charge in [0, 0.05) is 6.04 Å². The van der Waals surface area contributed by atoms with E-state index in [1.54, 1.807) is 0 Å². The van der Waals surface area contributed by atoms with Crippen molar-refractivity contribution in [1.29, 1.82) is 0 Å². The van der Waals surface area contributed by atoms with E-state index >= 15 is 0 Å². The van der Waals surface area contributed by atoms with Gasteiger partial charge in [-0.15, -0.1) is 0 Å². The van der Waals surface area contributed by atoms with Gasteiger partial charge in [0.15, 0.2) is 0 Å². The second-order valence-corrected chi connectivity index (χ2v) is 3.90. The molecule has 0 saturated heterocycles. The van der Waals surface area contributed by atoms with Gasteiger partial charge in [0.1, 0.15) is 0 Å². The van der Waals surface area contributed by atoms with E-state index < -0.39 is 0 Å². The van der Waals surface area contributed by atoms with Crippen LogP contribution in [0.3, 0.4) is 0 Å². The summed E-state index contributed by atoms with van der Waals surface area (Å²) in [5.74, 6) is 2.52. The lowest BCUT2D eigenvalue weighted by Crippen LogP contribution is -2.18. The summed E-state index contributed by atoms with van der Waals surface area (Å²) >= 11 is 2.01. The third-order valence-corrected chi connectivity index (χ3v) is 2.58. The number of nitrogens with two attached hydrogens (primary N) is 1. The van der Waals surface area contributed by atoms with E-state index in [2.05, 4.69) is 13.8 Å². The van der Waals surface area contributed by atoms with E-state index in [0.29, 0.717) is 6.04 Å². The van der Waals surface area contributed by atoms with Gasteiger partial charge in [0.25, 0.3) is 0 Å². The van der Waals surface area contributed by atoms with Crippen molar-refractivity contribution in [1.82, 2.24) is 0 Å². The lowest BCUT2D eigenvalue weighted by Gasteiger charge is -2.06. The molecule has 0 radical (unpaired) electrons. The van der Waals surface area contributed by atoms with Crippen LogP contribution in [0.1, 0.15) is 33.1 Å². The molecule has 2 heteroatoms. The maximum Gasteiger partial charge on any atom is 0.00364 e. The second-order valence-electron chi connectivity index (χ2n) is 2.51. The van der Waals surface area contributed by atoms with Crippen LogP contribution in [0.4, 0.5) is 0 Å². The molecule has 0 rings (SSSR count). The molecule has 0 aliphatic carbocycles. The molecular formula is C8H19NS. The van der Waals surface area contributed by atoms with Crippen molar-refractivity contribution < 1.29 is 0 Å². The molecule has 0 aliphatic heterocycles. The van der Waals surface area contributed by atoms with E-state index in [1.165, 1.54) is 24.3 Å². The zero-order chi connectivity index (χ0) is 7.82. The Morgan fingerprint density at radius 3 is 2.60 bits per heavy atom. The van der Waals surface area contributed by atoms with Crippen LogP contribution in [0.25, 0.3) is 0 Å². The quantitative estimate of drug-likeness (QED) is 0.605. The highest BCUT2D eigenvalue weighted by Gasteiger charge is 1.96. The third kappa shape index (κ3) is 6.43. The molecular weight excluding hydrogens is 142 g/mol. The molecule has 1 unspecified atom stereocenters. The number of thioether (sulfide) groups is 1. The third-order valence-electron chi connectivity index (χ3n) is 1.59. The Hall–Kier alpha value is 0.310. The van der Waals surface area contributed by atoms with Crippen molar-refractivity contribution >= 4 is 11.8 Å². The fourth-order valence-electron chi connectivity index (χ4n) is 0.796. The van der Waals surface area contributed by atoms with Gasteiger partial charge < -0.3 is 5.73 Å². The molecule has 0 aromatic heterocycles. The first-order chi connectivity index (χ1) is 4.81. The summed E-state index contributed by atoms with van der Waals surface area (Å²) in [6.45, 7) is 4.35. The molecule has 0 heterocycles. The first kappa shape index (κ1) is 10.3. The summed E-state index contributed by atoms with van der Waals surface area (Å²) in [5, 5.41) is 0. The van der Waals surface area contributed by atoms with Gasteiger partial charge >= 0.3 is 0 Å². The molecule has 10 heavy (non-hydrogen) atoms. The van der Waals surface area contributed by atoms with E-state index in [0.717, 1.165) is 6.42 Å². The Balaban J connectivity index is 2.89. The molecule has 0 fully saturated rings. The van der Waals surface area contributed by atoms with Crippen LogP contribution in [-0.4, -0.2) is 17.5 Å². The highest BCUT2D eigenvalue weighted by Crippen LogP contribution is 2.05. The normalized spacial score (nSPS) is 13.5. The average Bonchev–Trinajstić information content (AvgIpc) is 1.98. The molecule has 62 valence electrons. The van der Waals surface area contributed by atoms with Gasteiger partial charge in [-0.25, -0.2) is 0 Å². The summed E-state index contributed by atoms with van der Waals surface area (Å²) in [7, 11) is 0. The zero-order valence-corrected chi connectivity index (χ0v) is 7.91. The smallest absolute Gasteiger partial charge is 0.00364 e. The minimum atomic E-state index is 0.442. The van der Waals surface area contributed by atoms with Crippen LogP contribution >= 0.6 is 11.8 Å². The molecule has 0 amide bonds. The molecule has 1 nitrogen and oxygen atoms in total. The average molecular weight is 161 g/mol. The fraction of sp³-hybridized carbons (Fsp3) is 1.00. The van der Waals surface area contributed by atoms with E-state index in [1.807, 2.05) is 11.8 Å². The Bertz CT molecular complexity index is 66.3. The number of hydrogen-bond donors (Lipinski definition) is 1. The van der Waals surface area contributed by atoms with Crippen LogP contribution < -0.4 is 5.73 Å². The van der Waals surface area contributed by atoms with Crippen LogP contribution in [0.2, 0.25) is 0 Å². The van der Waals surface area contributed by atoms with Crippen LogP contribution in [0.5, 0.6) is 0 Å². The molecule has 0 bridgehead atoms. The highest BCUT2D eigenvalue weighted by atomic mass is 32.2. The maximum absolute atomic E-state index is 5.75. The lowest BCUT2D eigenvalue weighted by molar-refractivity contribution is 0.589. The summed E-state index contributed by atoms with van der Waals surface area (Å²) in [6, 6.07) is 0.442. The first-order valence-corrected chi connectivity index (χ1v) is 5.30. The summed E-state index contributed by atoms with van der Waals surface area (Å²) in [6.07, 6.45) is 3.60. The Morgan fingerprint density at radius 2 is 2.10 bits per heavy atom. The van der Waals surface area contributed by atoms with E-state index in [4.69, 9.17) is 5.73 Å². The minimum absolute atomic E-state index is 0.442. The van der Waals surface area contributed by atoms with E-state index in [-0.39, 0.29) is 0 Å². The van der Waals surface area contributed by atoms with Crippen LogP contribution in [0, 0.1) is 0 Å². The van der Waals surface area contributed by atoms with Gasteiger partial charge in [-0.1, -0.05) is 13.8 Å². The molecule has 0 aromatic carbocycles. The van der Waals surface area contributed by atoms with Crippen molar-refractivity contribution in [2.45, 2.75) is 39.2 Å². The van der Waals surface area contributed by atoms with Crippen molar-refractivity contribution in [3.63, 3.8) is 0 Å². The van der Waals surface area contributed by atoms with Crippen molar-refractivity contribution in [3.05, 3.63) is 0 Å². The zero-order valence-electron chi connectivity index (χ0n) is 7.10. The topological polar surface area (TPSA) is 26.0 Å². The predicted octanol–water partition coefficient (Wildman–Crippen LogP) is 2.26. The summed E-state index contributed by atoms with van der Waals surface area (Å²) in [5.41, 5.74) is 5.75. The molecule has 0 saturated carbocycles. The van der Waals surface area contributed by atoms with Gasteiger partial charge in [0.05, 0.1) is 0 Å². The summed E-state index contributed by atoms with van der Waals surface area (Å²) < 4.78 is 0. The Labute approximate surface area is 68.8 Å². The SMILES string of the molecule is CCSCCCC(N)CC. The van der Waals surface area contributed by atoms with Crippen LogP contribution in [0.15, 0.2) is 0 Å². The van der Waals surface area contributed by atoms with Gasteiger partial charge in [-0.3, -0.25) is 0 Å². The lowest BCUT2D eigenvalue weighted by atomic mass is 10.1. The highest BCUT2D eigenvalue weighted by molar-refractivity contribution is 7.99. The van der Waals surface area contributed by atoms with E-state index in [9.17, 15) is 0 Å². The maximum atomic E-state index is 5.75. The molecule has 0 aliphatic rings. The Morgan fingerprint density at radius 1 is 1.40 bits per heavy atom. The summed E-state index contributed by atoms with van der Waals surface area (Å²) in [4.78, 5) is 0. The van der Waals surface area contributed by atoms with Gasteiger partial charge in [-0.05, 0) is 30.8 Å². The number of rotatable bonds is 6. The standard InChI is InChI=1S/C8H19NS/c1-3-8(9)6-5-7-10-4-2/h8H,3-7,9H2,1-2H3. The van der Waals surface area contributed by atoms with Crippen molar-refractivity contribution in [3.8, 4) is 0 Å². The largest absolute Gasteiger partial charge is 0.328 e. The second kappa shape index (κ2) is 7.42. The fourth-order valence-corrected chi connectivity index (χ4v) is 1.46. The molecule has 0 spiro atoms. The first-order valence-electron chi connectivity index (χ1n) is 4.14. The predicted molar refractivity (Wildman–Crippen MR) is 50.5 cm³/mol.